The Balaban J connectivity index is 2.00. The van der Waals surface area contributed by atoms with E-state index >= 15 is 0 Å². The van der Waals surface area contributed by atoms with Crippen molar-refractivity contribution < 1.29 is 19.1 Å². The molecule has 6 heteroatoms. The van der Waals surface area contributed by atoms with Crippen LogP contribution in [0.15, 0.2) is 42.5 Å². The third kappa shape index (κ3) is 5.31. The van der Waals surface area contributed by atoms with E-state index in [9.17, 15) is 14.4 Å². The van der Waals surface area contributed by atoms with Gasteiger partial charge in [-0.25, -0.2) is 0 Å². The van der Waals surface area contributed by atoms with E-state index in [1.54, 1.807) is 13.8 Å². The Hall–Kier alpha value is -2.89. The Morgan fingerprint density at radius 1 is 1.12 bits per heavy atom. The van der Waals surface area contributed by atoms with Crippen molar-refractivity contribution in [1.82, 2.24) is 5.32 Å². The number of fused-ring (bicyclic) bond motifs is 1. The number of esters is 1. The van der Waals surface area contributed by atoms with Gasteiger partial charge < -0.3 is 15.8 Å². The van der Waals surface area contributed by atoms with E-state index in [0.717, 1.165) is 16.3 Å². The molecule has 0 saturated carbocycles. The first-order valence-corrected chi connectivity index (χ1v) is 8.63. The smallest absolute Gasteiger partial charge is 0.308 e. The Kier molecular flexibility index (Phi) is 6.72. The van der Waals surface area contributed by atoms with Crippen LogP contribution in [-0.4, -0.2) is 30.4 Å². The molecule has 26 heavy (non-hydrogen) atoms. The average Bonchev–Trinajstić information content (AvgIpc) is 2.61. The molecule has 0 heterocycles. The van der Waals surface area contributed by atoms with Crippen molar-refractivity contribution >= 4 is 28.6 Å². The zero-order valence-electron chi connectivity index (χ0n) is 15.0. The van der Waals surface area contributed by atoms with Gasteiger partial charge in [-0.3, -0.25) is 14.4 Å². The number of carbonyl (C=O) groups is 3. The largest absolute Gasteiger partial charge is 0.466 e. The van der Waals surface area contributed by atoms with Gasteiger partial charge in [0, 0.05) is 0 Å². The van der Waals surface area contributed by atoms with Crippen LogP contribution >= 0.6 is 0 Å². The summed E-state index contributed by atoms with van der Waals surface area (Å²) in [6, 6.07) is 12.7. The minimum Gasteiger partial charge on any atom is -0.466 e. The Labute approximate surface area is 152 Å². The maximum atomic E-state index is 12.3. The molecule has 138 valence electrons. The number of carbonyl (C=O) groups excluding carboxylic acids is 3. The van der Waals surface area contributed by atoms with Crippen LogP contribution in [0.5, 0.6) is 0 Å². The molecule has 0 fully saturated rings. The topological polar surface area (TPSA) is 98.5 Å². The van der Waals surface area contributed by atoms with E-state index < -0.39 is 23.8 Å². The van der Waals surface area contributed by atoms with E-state index in [-0.39, 0.29) is 25.4 Å². The highest BCUT2D eigenvalue weighted by atomic mass is 16.5. The van der Waals surface area contributed by atoms with E-state index in [0.29, 0.717) is 0 Å². The van der Waals surface area contributed by atoms with Gasteiger partial charge in [0.25, 0.3) is 0 Å². The van der Waals surface area contributed by atoms with Gasteiger partial charge in [-0.05, 0) is 29.7 Å². The maximum Gasteiger partial charge on any atom is 0.308 e. The lowest BCUT2D eigenvalue weighted by Crippen LogP contribution is -2.46. The molecule has 0 aromatic heterocycles. The SMILES string of the molecule is CCOC(=O)[C@H](C)C[C@@H](NC(=O)Cc1ccc2ccccc2c1)C(N)=O. The molecule has 0 aliphatic heterocycles. The summed E-state index contributed by atoms with van der Waals surface area (Å²) in [6.45, 7) is 3.61. The lowest BCUT2D eigenvalue weighted by atomic mass is 10.0. The summed E-state index contributed by atoms with van der Waals surface area (Å²) >= 11 is 0. The van der Waals surface area contributed by atoms with Crippen LogP contribution in [-0.2, 0) is 25.5 Å². The van der Waals surface area contributed by atoms with E-state index in [2.05, 4.69) is 5.32 Å². The number of benzene rings is 2. The third-order valence-electron chi connectivity index (χ3n) is 4.14. The molecule has 0 unspecified atom stereocenters. The van der Waals surface area contributed by atoms with Gasteiger partial charge >= 0.3 is 5.97 Å². The fourth-order valence-electron chi connectivity index (χ4n) is 2.76. The normalized spacial score (nSPS) is 13.0. The number of primary amides is 1. The van der Waals surface area contributed by atoms with Crippen LogP contribution in [0, 0.1) is 5.92 Å². The average molecular weight is 356 g/mol. The van der Waals surface area contributed by atoms with E-state index in [1.165, 1.54) is 0 Å². The lowest BCUT2D eigenvalue weighted by Gasteiger charge is -2.19. The molecule has 2 amide bonds. The third-order valence-corrected chi connectivity index (χ3v) is 4.14. The van der Waals surface area contributed by atoms with Crippen LogP contribution in [0.25, 0.3) is 10.8 Å². The van der Waals surface area contributed by atoms with Crippen molar-refractivity contribution in [2.45, 2.75) is 32.7 Å². The molecule has 2 atom stereocenters. The molecule has 0 bridgehead atoms. The monoisotopic (exact) mass is 356 g/mol. The van der Waals surface area contributed by atoms with Crippen molar-refractivity contribution in [2.24, 2.45) is 11.7 Å². The molecule has 0 radical (unpaired) electrons. The molecule has 2 aromatic carbocycles. The fourth-order valence-corrected chi connectivity index (χ4v) is 2.76. The fraction of sp³-hybridized carbons (Fsp3) is 0.350. The molecule has 0 aliphatic rings. The summed E-state index contributed by atoms with van der Waals surface area (Å²) in [6.07, 6.45) is 0.236. The number of hydrogen-bond acceptors (Lipinski definition) is 4. The molecule has 0 saturated heterocycles. The Morgan fingerprint density at radius 2 is 1.81 bits per heavy atom. The van der Waals surface area contributed by atoms with Crippen LogP contribution in [0.4, 0.5) is 0 Å². The van der Waals surface area contributed by atoms with Gasteiger partial charge in [-0.1, -0.05) is 49.4 Å². The molecular weight excluding hydrogens is 332 g/mol. The second-order valence-electron chi connectivity index (χ2n) is 6.27. The van der Waals surface area contributed by atoms with Crippen LogP contribution in [0.3, 0.4) is 0 Å². The predicted molar refractivity (Wildman–Crippen MR) is 99.2 cm³/mol. The van der Waals surface area contributed by atoms with Crippen molar-refractivity contribution in [1.29, 1.82) is 0 Å². The highest BCUT2D eigenvalue weighted by Gasteiger charge is 2.25. The first-order chi connectivity index (χ1) is 12.4. The number of nitrogens with one attached hydrogen (secondary N) is 1. The highest BCUT2D eigenvalue weighted by molar-refractivity contribution is 5.89. The molecular formula is C20H24N2O4. The van der Waals surface area contributed by atoms with Gasteiger partial charge in [-0.2, -0.15) is 0 Å². The van der Waals surface area contributed by atoms with Crippen molar-refractivity contribution in [2.75, 3.05) is 6.61 Å². The summed E-state index contributed by atoms with van der Waals surface area (Å²) in [4.78, 5) is 35.7. The molecule has 0 spiro atoms. The summed E-state index contributed by atoms with van der Waals surface area (Å²) in [5.41, 5.74) is 6.21. The van der Waals surface area contributed by atoms with Crippen LogP contribution < -0.4 is 11.1 Å². The zero-order valence-corrected chi connectivity index (χ0v) is 15.0. The molecule has 2 aromatic rings. The van der Waals surface area contributed by atoms with Crippen molar-refractivity contribution in [3.05, 3.63) is 48.0 Å². The van der Waals surface area contributed by atoms with Gasteiger partial charge in [-0.15, -0.1) is 0 Å². The number of rotatable bonds is 8. The minimum atomic E-state index is -0.914. The number of nitrogens with two attached hydrogens (primary N) is 1. The van der Waals surface area contributed by atoms with Crippen molar-refractivity contribution in [3.8, 4) is 0 Å². The predicted octanol–water partition coefficient (Wildman–Crippen LogP) is 1.94. The second-order valence-corrected chi connectivity index (χ2v) is 6.27. The maximum absolute atomic E-state index is 12.3. The van der Waals surface area contributed by atoms with Gasteiger partial charge in [0.2, 0.25) is 11.8 Å². The number of hydrogen-bond donors (Lipinski definition) is 2. The number of ether oxygens (including phenoxy) is 1. The summed E-state index contributed by atoms with van der Waals surface area (Å²) in [5, 5.41) is 4.75. The van der Waals surface area contributed by atoms with E-state index in [4.69, 9.17) is 10.5 Å². The highest BCUT2D eigenvalue weighted by Crippen LogP contribution is 2.16. The van der Waals surface area contributed by atoms with Crippen LogP contribution in [0.1, 0.15) is 25.8 Å². The Bertz CT molecular complexity index is 803. The summed E-state index contributed by atoms with van der Waals surface area (Å²) in [5.74, 6) is -1.94. The first kappa shape index (κ1) is 19.4. The standard InChI is InChI=1S/C20H24N2O4/c1-3-26-20(25)13(2)10-17(19(21)24)22-18(23)12-14-8-9-15-6-4-5-7-16(15)11-14/h4-9,11,13,17H,3,10,12H2,1-2H3,(H2,21,24)(H,22,23)/t13-,17-/m1/s1. The minimum absolute atomic E-state index is 0.109. The van der Waals surface area contributed by atoms with Crippen LogP contribution in [0.2, 0.25) is 0 Å². The molecule has 6 nitrogen and oxygen atoms in total. The lowest BCUT2D eigenvalue weighted by molar-refractivity contribution is -0.148. The molecule has 2 rings (SSSR count). The van der Waals surface area contributed by atoms with Gasteiger partial charge in [0.05, 0.1) is 18.9 Å². The van der Waals surface area contributed by atoms with Crippen molar-refractivity contribution in [3.63, 3.8) is 0 Å². The van der Waals surface area contributed by atoms with E-state index in [1.807, 2.05) is 42.5 Å². The quantitative estimate of drug-likeness (QED) is 0.706. The Morgan fingerprint density at radius 3 is 2.46 bits per heavy atom. The molecule has 0 aliphatic carbocycles. The van der Waals surface area contributed by atoms with Gasteiger partial charge in [0.1, 0.15) is 6.04 Å². The summed E-state index contributed by atoms with van der Waals surface area (Å²) in [7, 11) is 0. The summed E-state index contributed by atoms with van der Waals surface area (Å²) < 4.78 is 4.92. The second kappa shape index (κ2) is 8.99. The zero-order chi connectivity index (χ0) is 19.1. The number of amides is 2. The first-order valence-electron chi connectivity index (χ1n) is 8.63. The van der Waals surface area contributed by atoms with Gasteiger partial charge in [0.15, 0.2) is 0 Å². The molecule has 3 N–H and O–H groups in total.